The Morgan fingerprint density at radius 1 is 1.41 bits per heavy atom. The van der Waals surface area contributed by atoms with Gasteiger partial charge in [0.2, 0.25) is 0 Å². The second kappa shape index (κ2) is 9.41. The van der Waals surface area contributed by atoms with Crippen LogP contribution in [0.25, 0.3) is 0 Å². The number of methoxy groups -OCH3 is 1. The maximum Gasteiger partial charge on any atom is 0.410 e. The normalized spacial score (nSPS) is 17.7. The Bertz CT molecular complexity index is 780. The number of halogens is 1. The van der Waals surface area contributed by atoms with Gasteiger partial charge >= 0.3 is 12.1 Å². The lowest BCUT2D eigenvalue weighted by Crippen LogP contribution is -2.47. The first-order valence-electron chi connectivity index (χ1n) is 9.25. The predicted molar refractivity (Wildman–Crippen MR) is 107 cm³/mol. The van der Waals surface area contributed by atoms with Gasteiger partial charge in [-0.3, -0.25) is 20.2 Å². The fraction of sp³-hybridized carbons (Fsp3) is 0.579. The Morgan fingerprint density at radius 2 is 2.10 bits per heavy atom. The van der Waals surface area contributed by atoms with Gasteiger partial charge in [-0.1, -0.05) is 17.7 Å². The number of rotatable bonds is 6. The molecule has 1 saturated heterocycles. The number of likely N-dealkylation sites (tertiary alicyclic amines) is 1. The highest BCUT2D eigenvalue weighted by Gasteiger charge is 2.33. The molecule has 160 valence electrons. The van der Waals surface area contributed by atoms with Crippen molar-refractivity contribution in [3.05, 3.63) is 38.9 Å². The average molecular weight is 428 g/mol. The molecule has 0 aliphatic carbocycles. The number of esters is 1. The second-order valence-electron chi connectivity index (χ2n) is 7.89. The van der Waals surface area contributed by atoms with Crippen molar-refractivity contribution in [3.8, 4) is 0 Å². The minimum Gasteiger partial charge on any atom is -0.468 e. The third-order valence-corrected chi connectivity index (χ3v) is 4.67. The van der Waals surface area contributed by atoms with Crippen LogP contribution in [0.1, 0.15) is 32.8 Å². The molecule has 1 heterocycles. The van der Waals surface area contributed by atoms with E-state index in [2.05, 4.69) is 5.32 Å². The molecule has 0 spiro atoms. The van der Waals surface area contributed by atoms with Crippen LogP contribution in [0.3, 0.4) is 0 Å². The van der Waals surface area contributed by atoms with E-state index >= 15 is 0 Å². The lowest BCUT2D eigenvalue weighted by molar-refractivity contribution is -0.385. The van der Waals surface area contributed by atoms with Crippen molar-refractivity contribution in [2.45, 2.75) is 51.3 Å². The molecule has 29 heavy (non-hydrogen) atoms. The summed E-state index contributed by atoms with van der Waals surface area (Å²) in [7, 11) is 1.26. The molecule has 9 nitrogen and oxygen atoms in total. The Morgan fingerprint density at radius 3 is 2.69 bits per heavy atom. The number of benzene rings is 1. The fourth-order valence-electron chi connectivity index (χ4n) is 3.13. The van der Waals surface area contributed by atoms with Crippen LogP contribution in [-0.4, -0.2) is 59.8 Å². The summed E-state index contributed by atoms with van der Waals surface area (Å²) in [5, 5.41) is 14.7. The molecule has 0 aromatic heterocycles. The van der Waals surface area contributed by atoms with Crippen LogP contribution in [0.4, 0.5) is 10.5 Å². The summed E-state index contributed by atoms with van der Waals surface area (Å²) in [5.41, 5.74) is -0.385. The van der Waals surface area contributed by atoms with Gasteiger partial charge in [0, 0.05) is 42.2 Å². The van der Waals surface area contributed by atoms with Crippen LogP contribution in [0.15, 0.2) is 18.2 Å². The number of carbonyl (C=O) groups is 2. The van der Waals surface area contributed by atoms with Gasteiger partial charge in [-0.05, 0) is 33.3 Å². The largest absolute Gasteiger partial charge is 0.468 e. The Balaban J connectivity index is 2.09. The SMILES string of the molecule is COC(=O)C(Cc1ccc(Cl)cc1[N+](=O)[O-])NC1CCN(C(=O)OC(C)(C)C)C1. The highest BCUT2D eigenvalue weighted by molar-refractivity contribution is 6.30. The predicted octanol–water partition coefficient (Wildman–Crippen LogP) is 2.93. The Kier molecular flexibility index (Phi) is 7.43. The first-order valence-corrected chi connectivity index (χ1v) is 9.62. The van der Waals surface area contributed by atoms with Gasteiger partial charge in [-0.2, -0.15) is 0 Å². The summed E-state index contributed by atoms with van der Waals surface area (Å²) in [6, 6.07) is 3.35. The Labute approximate surface area is 174 Å². The van der Waals surface area contributed by atoms with Gasteiger partial charge in [0.25, 0.3) is 5.69 Å². The zero-order valence-corrected chi connectivity index (χ0v) is 17.7. The zero-order valence-electron chi connectivity index (χ0n) is 16.9. The number of hydrogen-bond acceptors (Lipinski definition) is 7. The van der Waals surface area contributed by atoms with E-state index < -0.39 is 28.6 Å². The average Bonchev–Trinajstić information content (AvgIpc) is 3.09. The summed E-state index contributed by atoms with van der Waals surface area (Å²) < 4.78 is 10.2. The number of nitrogens with zero attached hydrogens (tertiary/aromatic N) is 2. The van der Waals surface area contributed by atoms with Gasteiger partial charge in [-0.15, -0.1) is 0 Å². The number of hydrogen-bond donors (Lipinski definition) is 1. The summed E-state index contributed by atoms with van der Waals surface area (Å²) in [6.07, 6.45) is 0.267. The van der Waals surface area contributed by atoms with E-state index in [-0.39, 0.29) is 23.2 Å². The topological polar surface area (TPSA) is 111 Å². The molecular formula is C19H26ClN3O6. The second-order valence-corrected chi connectivity index (χ2v) is 8.33. The van der Waals surface area contributed by atoms with Crippen molar-refractivity contribution in [3.63, 3.8) is 0 Å². The van der Waals surface area contributed by atoms with E-state index in [1.807, 2.05) is 0 Å². The first kappa shape index (κ1) is 22.9. The lowest BCUT2D eigenvalue weighted by Gasteiger charge is -2.25. The standard InChI is InChI=1S/C19H26ClN3O6/c1-19(2,3)29-18(25)22-8-7-14(11-22)21-15(17(24)28-4)9-12-5-6-13(20)10-16(12)23(26)27/h5-6,10,14-15,21H,7-9,11H2,1-4H3. The van der Waals surface area contributed by atoms with E-state index in [1.165, 1.54) is 25.3 Å². The number of ether oxygens (including phenoxy) is 2. The Hall–Kier alpha value is -2.39. The molecule has 1 aliphatic heterocycles. The minimum atomic E-state index is -0.802. The van der Waals surface area contributed by atoms with Crippen molar-refractivity contribution in [1.29, 1.82) is 0 Å². The minimum absolute atomic E-state index is 0.0586. The van der Waals surface area contributed by atoms with Crippen LogP contribution < -0.4 is 5.32 Å². The van der Waals surface area contributed by atoms with Crippen molar-refractivity contribution >= 4 is 29.4 Å². The number of nitro benzene ring substituents is 1. The van der Waals surface area contributed by atoms with Gasteiger partial charge in [0.05, 0.1) is 12.0 Å². The number of nitrogens with one attached hydrogen (secondary N) is 1. The maximum absolute atomic E-state index is 12.3. The zero-order chi connectivity index (χ0) is 21.8. The van der Waals surface area contributed by atoms with E-state index in [1.54, 1.807) is 25.7 Å². The molecular weight excluding hydrogens is 402 g/mol. The van der Waals surface area contributed by atoms with Crippen LogP contribution in [0.5, 0.6) is 0 Å². The van der Waals surface area contributed by atoms with Crippen LogP contribution in [0.2, 0.25) is 5.02 Å². The van der Waals surface area contributed by atoms with Crippen LogP contribution >= 0.6 is 11.6 Å². The third kappa shape index (κ3) is 6.57. The molecule has 2 rings (SSSR count). The molecule has 1 fully saturated rings. The third-order valence-electron chi connectivity index (χ3n) is 4.43. The molecule has 0 bridgehead atoms. The summed E-state index contributed by atoms with van der Waals surface area (Å²) in [4.78, 5) is 36.9. The van der Waals surface area contributed by atoms with E-state index in [9.17, 15) is 19.7 Å². The van der Waals surface area contributed by atoms with Gasteiger partial charge in [0.1, 0.15) is 11.6 Å². The summed E-state index contributed by atoms with van der Waals surface area (Å²) in [5.74, 6) is -0.537. The van der Waals surface area contributed by atoms with Crippen LogP contribution in [-0.2, 0) is 20.7 Å². The smallest absolute Gasteiger partial charge is 0.410 e. The van der Waals surface area contributed by atoms with E-state index in [0.29, 0.717) is 25.1 Å². The summed E-state index contributed by atoms with van der Waals surface area (Å²) >= 11 is 5.86. The molecule has 0 saturated carbocycles. The lowest BCUT2D eigenvalue weighted by atomic mass is 10.0. The van der Waals surface area contributed by atoms with Crippen LogP contribution in [0, 0.1) is 10.1 Å². The maximum atomic E-state index is 12.3. The molecule has 1 aromatic carbocycles. The number of nitro groups is 1. The number of carbonyl (C=O) groups excluding carboxylic acids is 2. The molecule has 0 radical (unpaired) electrons. The fourth-order valence-corrected chi connectivity index (χ4v) is 3.29. The highest BCUT2D eigenvalue weighted by atomic mass is 35.5. The molecule has 10 heteroatoms. The molecule has 1 amide bonds. The van der Waals surface area contributed by atoms with Gasteiger partial charge < -0.3 is 14.4 Å². The van der Waals surface area contributed by atoms with Gasteiger partial charge in [-0.25, -0.2) is 4.79 Å². The molecule has 1 N–H and O–H groups in total. The summed E-state index contributed by atoms with van der Waals surface area (Å²) in [6.45, 7) is 6.24. The van der Waals surface area contributed by atoms with Crippen molar-refractivity contribution in [2.24, 2.45) is 0 Å². The van der Waals surface area contributed by atoms with E-state index in [0.717, 1.165) is 0 Å². The number of amides is 1. The highest BCUT2D eigenvalue weighted by Crippen LogP contribution is 2.25. The van der Waals surface area contributed by atoms with Crippen molar-refractivity contribution < 1.29 is 24.0 Å². The molecule has 2 unspecified atom stereocenters. The van der Waals surface area contributed by atoms with E-state index in [4.69, 9.17) is 21.1 Å². The molecule has 1 aliphatic rings. The monoisotopic (exact) mass is 427 g/mol. The first-order chi connectivity index (χ1) is 13.5. The molecule has 1 aromatic rings. The quantitative estimate of drug-likeness (QED) is 0.422. The van der Waals surface area contributed by atoms with Crippen molar-refractivity contribution in [1.82, 2.24) is 10.2 Å². The van der Waals surface area contributed by atoms with Crippen molar-refractivity contribution in [2.75, 3.05) is 20.2 Å². The van der Waals surface area contributed by atoms with Gasteiger partial charge in [0.15, 0.2) is 0 Å². The molecule has 2 atom stereocenters.